The lowest BCUT2D eigenvalue weighted by molar-refractivity contribution is 0.401. The normalized spacial score (nSPS) is 14.9. The number of imidazole rings is 1. The number of nitrogens with zero attached hydrogens (tertiary/aromatic N) is 2. The lowest BCUT2D eigenvalue weighted by atomic mass is 10.1. The van der Waals surface area contributed by atoms with Crippen LogP contribution in [0.15, 0.2) is 40.1 Å². The molecule has 0 aliphatic carbocycles. The van der Waals surface area contributed by atoms with E-state index < -0.39 is 23.4 Å². The number of H-pyrrole nitrogens is 1. The van der Waals surface area contributed by atoms with Gasteiger partial charge in [0, 0.05) is 17.4 Å². The minimum Gasteiger partial charge on any atom is -0.493 e. The molecule has 0 bridgehead atoms. The number of ether oxygens (including phenoxy) is 1. The van der Waals surface area contributed by atoms with Gasteiger partial charge in [0.1, 0.15) is 11.4 Å². The van der Waals surface area contributed by atoms with E-state index in [9.17, 15) is 18.7 Å². The van der Waals surface area contributed by atoms with Gasteiger partial charge in [-0.05, 0) is 36.8 Å². The summed E-state index contributed by atoms with van der Waals surface area (Å²) in [5.74, 6) is -1.93. The summed E-state index contributed by atoms with van der Waals surface area (Å²) in [7, 11) is 1.49. The SMILES string of the molecule is COc1c(Cl)ccc2c1N=C/C2=C\c1[nH]c(=O)n(C(C)c2ccc(F)c(F)c2)c1O. The number of methoxy groups -OCH3 is 1. The molecule has 0 saturated heterocycles. The quantitative estimate of drug-likeness (QED) is 0.629. The van der Waals surface area contributed by atoms with Crippen molar-refractivity contribution in [1.29, 1.82) is 0 Å². The van der Waals surface area contributed by atoms with E-state index in [1.54, 1.807) is 31.3 Å². The first kappa shape index (κ1) is 19.9. The third-order valence-electron chi connectivity index (χ3n) is 4.97. The molecule has 30 heavy (non-hydrogen) atoms. The van der Waals surface area contributed by atoms with Crippen LogP contribution in [0.4, 0.5) is 14.5 Å². The molecule has 1 atom stereocenters. The number of aliphatic imine (C=N–C) groups is 1. The van der Waals surface area contributed by atoms with Crippen LogP contribution in [0, 0.1) is 11.6 Å². The maximum Gasteiger partial charge on any atom is 0.329 e. The van der Waals surface area contributed by atoms with Crippen molar-refractivity contribution in [2.45, 2.75) is 13.0 Å². The van der Waals surface area contributed by atoms with Gasteiger partial charge in [-0.3, -0.25) is 9.56 Å². The zero-order valence-corrected chi connectivity index (χ0v) is 16.7. The molecule has 0 spiro atoms. The van der Waals surface area contributed by atoms with Gasteiger partial charge in [0.25, 0.3) is 0 Å². The predicted molar refractivity (Wildman–Crippen MR) is 111 cm³/mol. The van der Waals surface area contributed by atoms with Crippen molar-refractivity contribution in [3.8, 4) is 11.6 Å². The summed E-state index contributed by atoms with van der Waals surface area (Å²) in [4.78, 5) is 19.4. The summed E-state index contributed by atoms with van der Waals surface area (Å²) < 4.78 is 33.2. The van der Waals surface area contributed by atoms with E-state index in [1.165, 1.54) is 13.2 Å². The molecule has 2 aromatic carbocycles. The van der Waals surface area contributed by atoms with Crippen molar-refractivity contribution in [1.82, 2.24) is 9.55 Å². The van der Waals surface area contributed by atoms with Gasteiger partial charge in [-0.15, -0.1) is 0 Å². The third-order valence-corrected chi connectivity index (χ3v) is 5.27. The standard InChI is InChI=1S/C21H16ClF2N3O3/c1-10(11-3-6-15(23)16(24)7-11)27-20(28)17(26-21(27)29)8-12-9-25-18-13(12)4-5-14(22)19(18)30-2/h3-10,28H,1-2H3,(H,26,29)/b12-8+. The number of nitrogens with one attached hydrogen (secondary N) is 1. The molecular weight excluding hydrogens is 416 g/mol. The number of allylic oxidation sites excluding steroid dienone is 1. The number of aromatic amines is 1. The fraction of sp³-hybridized carbons (Fsp3) is 0.143. The Morgan fingerprint density at radius 2 is 2.03 bits per heavy atom. The number of hydrogen-bond donors (Lipinski definition) is 2. The van der Waals surface area contributed by atoms with Gasteiger partial charge in [0.15, 0.2) is 17.4 Å². The molecule has 9 heteroatoms. The second kappa shape index (κ2) is 7.46. The Balaban J connectivity index is 1.75. The van der Waals surface area contributed by atoms with Crippen molar-refractivity contribution < 1.29 is 18.6 Å². The number of halogens is 3. The summed E-state index contributed by atoms with van der Waals surface area (Å²) in [6.07, 6.45) is 3.13. The van der Waals surface area contributed by atoms with Crippen LogP contribution in [0.2, 0.25) is 5.02 Å². The monoisotopic (exact) mass is 431 g/mol. The highest BCUT2D eigenvalue weighted by Gasteiger charge is 2.23. The minimum atomic E-state index is -1.03. The number of benzene rings is 2. The predicted octanol–water partition coefficient (Wildman–Crippen LogP) is 4.69. The molecule has 1 unspecified atom stereocenters. The maximum atomic E-state index is 13.6. The average molecular weight is 432 g/mol. The van der Waals surface area contributed by atoms with Crippen LogP contribution in [0.5, 0.6) is 11.6 Å². The highest BCUT2D eigenvalue weighted by Crippen LogP contribution is 2.44. The van der Waals surface area contributed by atoms with Gasteiger partial charge < -0.3 is 14.8 Å². The summed E-state index contributed by atoms with van der Waals surface area (Å²) >= 11 is 6.12. The fourth-order valence-corrected chi connectivity index (χ4v) is 3.64. The van der Waals surface area contributed by atoms with Crippen molar-refractivity contribution in [3.63, 3.8) is 0 Å². The number of rotatable bonds is 4. The first-order valence-corrected chi connectivity index (χ1v) is 9.30. The van der Waals surface area contributed by atoms with Gasteiger partial charge >= 0.3 is 5.69 Å². The number of hydrogen-bond acceptors (Lipinski definition) is 4. The second-order valence-corrected chi connectivity index (χ2v) is 7.13. The van der Waals surface area contributed by atoms with Crippen molar-refractivity contribution in [3.05, 3.63) is 74.3 Å². The lowest BCUT2D eigenvalue weighted by Gasteiger charge is -2.14. The molecule has 0 fully saturated rings. The largest absolute Gasteiger partial charge is 0.493 e. The molecule has 6 nitrogen and oxygen atoms in total. The maximum absolute atomic E-state index is 13.6. The number of aromatic nitrogens is 2. The zero-order valence-electron chi connectivity index (χ0n) is 15.9. The molecule has 0 saturated carbocycles. The van der Waals surface area contributed by atoms with Crippen LogP contribution in [0.3, 0.4) is 0 Å². The van der Waals surface area contributed by atoms with Crippen molar-refractivity contribution in [2.24, 2.45) is 4.99 Å². The van der Waals surface area contributed by atoms with Gasteiger partial charge in [-0.2, -0.15) is 0 Å². The van der Waals surface area contributed by atoms with E-state index in [-0.39, 0.29) is 11.6 Å². The van der Waals surface area contributed by atoms with E-state index in [4.69, 9.17) is 16.3 Å². The molecule has 0 amide bonds. The highest BCUT2D eigenvalue weighted by atomic mass is 35.5. The van der Waals surface area contributed by atoms with Gasteiger partial charge in [0.2, 0.25) is 5.88 Å². The minimum absolute atomic E-state index is 0.151. The molecule has 0 radical (unpaired) electrons. The lowest BCUT2D eigenvalue weighted by Crippen LogP contribution is -2.21. The summed E-state index contributed by atoms with van der Waals surface area (Å²) in [6.45, 7) is 1.59. The average Bonchev–Trinajstić information content (AvgIpc) is 3.24. The molecule has 2 heterocycles. The molecule has 154 valence electrons. The number of fused-ring (bicyclic) bond motifs is 1. The van der Waals surface area contributed by atoms with Crippen molar-refractivity contribution in [2.75, 3.05) is 7.11 Å². The third kappa shape index (κ3) is 3.19. The smallest absolute Gasteiger partial charge is 0.329 e. The topological polar surface area (TPSA) is 79.6 Å². The Bertz CT molecular complexity index is 1280. The van der Waals surface area contributed by atoms with Crippen LogP contribution in [0.1, 0.15) is 29.8 Å². The van der Waals surface area contributed by atoms with Crippen LogP contribution in [-0.4, -0.2) is 28.0 Å². The van der Waals surface area contributed by atoms with Gasteiger partial charge in [0.05, 0.1) is 18.2 Å². The molecule has 2 N–H and O–H groups in total. The van der Waals surface area contributed by atoms with E-state index in [0.29, 0.717) is 27.6 Å². The molecule has 4 rings (SSSR count). The number of aromatic hydroxyl groups is 1. The Morgan fingerprint density at radius 1 is 1.27 bits per heavy atom. The van der Waals surface area contributed by atoms with Crippen LogP contribution >= 0.6 is 11.6 Å². The van der Waals surface area contributed by atoms with Gasteiger partial charge in [-0.1, -0.05) is 23.7 Å². The van der Waals surface area contributed by atoms with E-state index in [0.717, 1.165) is 22.3 Å². The Kier molecular flexibility index (Phi) is 4.95. The molecule has 1 aromatic heterocycles. The van der Waals surface area contributed by atoms with E-state index in [1.807, 2.05) is 0 Å². The molecule has 1 aliphatic rings. The van der Waals surface area contributed by atoms with E-state index in [2.05, 4.69) is 9.98 Å². The van der Waals surface area contributed by atoms with Crippen LogP contribution < -0.4 is 10.4 Å². The first-order chi connectivity index (χ1) is 14.3. The molecular formula is C21H16ClF2N3O3. The second-order valence-electron chi connectivity index (χ2n) is 6.72. The van der Waals surface area contributed by atoms with Crippen molar-refractivity contribution >= 4 is 35.2 Å². The summed E-state index contributed by atoms with van der Waals surface area (Å²) in [6, 6.07) is 6.02. The van der Waals surface area contributed by atoms with Crippen LogP contribution in [-0.2, 0) is 0 Å². The van der Waals surface area contributed by atoms with Crippen LogP contribution in [0.25, 0.3) is 11.6 Å². The fourth-order valence-electron chi connectivity index (χ4n) is 3.41. The van der Waals surface area contributed by atoms with E-state index >= 15 is 0 Å². The highest BCUT2D eigenvalue weighted by molar-refractivity contribution is 6.33. The Labute approximate surface area is 174 Å². The zero-order chi connectivity index (χ0) is 21.6. The molecule has 3 aromatic rings. The summed E-state index contributed by atoms with van der Waals surface area (Å²) in [5, 5.41) is 11.1. The summed E-state index contributed by atoms with van der Waals surface area (Å²) in [5.41, 5.74) is 1.78. The Hall–Kier alpha value is -3.39. The molecule has 1 aliphatic heterocycles. The Morgan fingerprint density at radius 3 is 2.73 bits per heavy atom. The van der Waals surface area contributed by atoms with Gasteiger partial charge in [-0.25, -0.2) is 13.6 Å². The first-order valence-electron chi connectivity index (χ1n) is 8.93.